The highest BCUT2D eigenvalue weighted by Gasteiger charge is 2.12. The van der Waals surface area contributed by atoms with Gasteiger partial charge in [0.1, 0.15) is 11.6 Å². The number of benzene rings is 2. The van der Waals surface area contributed by atoms with E-state index in [1.54, 1.807) is 24.3 Å². The monoisotopic (exact) mass is 343 g/mol. The Bertz CT molecular complexity index is 577. The summed E-state index contributed by atoms with van der Waals surface area (Å²) in [5.74, 6) is -0.126. The van der Waals surface area contributed by atoms with Crippen LogP contribution in [0, 0.1) is 11.6 Å². The van der Waals surface area contributed by atoms with Gasteiger partial charge in [0, 0.05) is 26.7 Å². The van der Waals surface area contributed by atoms with Crippen molar-refractivity contribution in [2.24, 2.45) is 5.73 Å². The number of thioether (sulfide) groups is 1. The highest BCUT2D eigenvalue weighted by molar-refractivity contribution is 9.10. The minimum Gasteiger partial charge on any atom is -0.323 e. The van der Waals surface area contributed by atoms with E-state index in [4.69, 9.17) is 5.73 Å². The van der Waals surface area contributed by atoms with Crippen LogP contribution in [0.3, 0.4) is 0 Å². The van der Waals surface area contributed by atoms with Crippen LogP contribution in [0.4, 0.5) is 8.78 Å². The lowest BCUT2D eigenvalue weighted by atomic mass is 10.1. The molecule has 0 spiro atoms. The first-order valence-electron chi connectivity index (χ1n) is 5.65. The second-order valence-corrected chi connectivity index (χ2v) is 6.05. The molecule has 2 rings (SSSR count). The van der Waals surface area contributed by atoms with Crippen LogP contribution >= 0.6 is 27.7 Å². The lowest BCUT2D eigenvalue weighted by Gasteiger charge is -2.13. The largest absolute Gasteiger partial charge is 0.323 e. The van der Waals surface area contributed by atoms with Crippen LogP contribution < -0.4 is 5.73 Å². The molecule has 2 aromatic rings. The second kappa shape index (κ2) is 6.50. The molecule has 0 aliphatic carbocycles. The predicted octanol–water partition coefficient (Wildman–Crippen LogP) is 4.52. The van der Waals surface area contributed by atoms with E-state index in [9.17, 15) is 8.78 Å². The maximum Gasteiger partial charge on any atom is 0.128 e. The van der Waals surface area contributed by atoms with Gasteiger partial charge in [-0.2, -0.15) is 0 Å². The molecule has 1 atom stereocenters. The van der Waals surface area contributed by atoms with Crippen LogP contribution in [0.25, 0.3) is 0 Å². The van der Waals surface area contributed by atoms with Crippen molar-refractivity contribution in [1.82, 2.24) is 0 Å². The zero-order valence-electron chi connectivity index (χ0n) is 9.95. The van der Waals surface area contributed by atoms with Crippen LogP contribution in [0.1, 0.15) is 11.6 Å². The first-order chi connectivity index (χ1) is 9.06. The molecule has 0 aromatic heterocycles. The van der Waals surface area contributed by atoms with Gasteiger partial charge in [-0.25, -0.2) is 8.78 Å². The van der Waals surface area contributed by atoms with Gasteiger partial charge in [0.15, 0.2) is 0 Å². The average molecular weight is 344 g/mol. The molecule has 2 aromatic carbocycles. The summed E-state index contributed by atoms with van der Waals surface area (Å²) < 4.78 is 27.4. The third-order valence-corrected chi connectivity index (χ3v) is 4.19. The standard InChI is InChI=1S/C14H12BrF2NS/c15-9-4-5-13(17)12(6-9)14(18)8-19-11-3-1-2-10(16)7-11/h1-7,14H,8,18H2. The zero-order valence-corrected chi connectivity index (χ0v) is 12.3. The smallest absolute Gasteiger partial charge is 0.128 e. The maximum absolute atomic E-state index is 13.6. The Kier molecular flexibility index (Phi) is 4.96. The van der Waals surface area contributed by atoms with Crippen LogP contribution in [-0.4, -0.2) is 5.75 Å². The molecule has 0 saturated carbocycles. The summed E-state index contributed by atoms with van der Waals surface area (Å²) in [6, 6.07) is 10.5. The van der Waals surface area contributed by atoms with E-state index in [1.807, 2.05) is 0 Å². The number of rotatable bonds is 4. The van der Waals surface area contributed by atoms with Gasteiger partial charge in [0.25, 0.3) is 0 Å². The summed E-state index contributed by atoms with van der Waals surface area (Å²) in [6.45, 7) is 0. The fraction of sp³-hybridized carbons (Fsp3) is 0.143. The van der Waals surface area contributed by atoms with Gasteiger partial charge < -0.3 is 5.73 Å². The molecule has 0 saturated heterocycles. The zero-order chi connectivity index (χ0) is 13.8. The van der Waals surface area contributed by atoms with Gasteiger partial charge in [0.2, 0.25) is 0 Å². The Balaban J connectivity index is 2.05. The van der Waals surface area contributed by atoms with Crippen molar-refractivity contribution in [3.63, 3.8) is 0 Å². The fourth-order valence-electron chi connectivity index (χ4n) is 1.63. The minimum atomic E-state index is -0.439. The second-order valence-electron chi connectivity index (χ2n) is 4.04. The summed E-state index contributed by atoms with van der Waals surface area (Å²) in [5, 5.41) is 0. The third-order valence-electron chi connectivity index (χ3n) is 2.58. The molecule has 100 valence electrons. The van der Waals surface area contributed by atoms with Crippen molar-refractivity contribution in [2.75, 3.05) is 5.75 Å². The molecule has 0 fully saturated rings. The quantitative estimate of drug-likeness (QED) is 0.826. The molecule has 5 heteroatoms. The summed E-state index contributed by atoms with van der Waals surface area (Å²) in [7, 11) is 0. The van der Waals surface area contributed by atoms with E-state index in [2.05, 4.69) is 15.9 Å². The Hall–Kier alpha value is -0.910. The molecular weight excluding hydrogens is 332 g/mol. The van der Waals surface area contributed by atoms with Crippen molar-refractivity contribution in [3.8, 4) is 0 Å². The van der Waals surface area contributed by atoms with Crippen LogP contribution in [-0.2, 0) is 0 Å². The summed E-state index contributed by atoms with van der Waals surface area (Å²) >= 11 is 4.70. The van der Waals surface area contributed by atoms with Crippen LogP contribution in [0.15, 0.2) is 51.8 Å². The highest BCUT2D eigenvalue weighted by Crippen LogP contribution is 2.26. The summed E-state index contributed by atoms with van der Waals surface area (Å²) in [4.78, 5) is 0.783. The summed E-state index contributed by atoms with van der Waals surface area (Å²) in [6.07, 6.45) is 0. The summed E-state index contributed by atoms with van der Waals surface area (Å²) in [5.41, 5.74) is 6.43. The molecule has 19 heavy (non-hydrogen) atoms. The SMILES string of the molecule is NC(CSc1cccc(F)c1)c1cc(Br)ccc1F. The molecule has 1 unspecified atom stereocenters. The van der Waals surface area contributed by atoms with E-state index in [-0.39, 0.29) is 11.6 Å². The van der Waals surface area contributed by atoms with Gasteiger partial charge in [-0.1, -0.05) is 22.0 Å². The van der Waals surface area contributed by atoms with Crippen molar-refractivity contribution in [2.45, 2.75) is 10.9 Å². The van der Waals surface area contributed by atoms with Crippen LogP contribution in [0.2, 0.25) is 0 Å². The Labute approximate surface area is 123 Å². The van der Waals surface area contributed by atoms with E-state index < -0.39 is 6.04 Å². The lowest BCUT2D eigenvalue weighted by molar-refractivity contribution is 0.595. The van der Waals surface area contributed by atoms with Crippen molar-refractivity contribution >= 4 is 27.7 Å². The van der Waals surface area contributed by atoms with Crippen LogP contribution in [0.5, 0.6) is 0 Å². The van der Waals surface area contributed by atoms with Crippen molar-refractivity contribution < 1.29 is 8.78 Å². The Morgan fingerprint density at radius 2 is 1.95 bits per heavy atom. The molecular formula is C14H12BrF2NS. The van der Waals surface area contributed by atoms with Crippen molar-refractivity contribution in [1.29, 1.82) is 0 Å². The van der Waals surface area contributed by atoms with Gasteiger partial charge >= 0.3 is 0 Å². The number of hydrogen-bond acceptors (Lipinski definition) is 2. The minimum absolute atomic E-state index is 0.285. The van der Waals surface area contributed by atoms with Gasteiger partial charge in [0.05, 0.1) is 0 Å². The first kappa shape index (κ1) is 14.5. The molecule has 0 amide bonds. The van der Waals surface area contributed by atoms with Gasteiger partial charge in [-0.3, -0.25) is 0 Å². The normalized spacial score (nSPS) is 12.4. The fourth-order valence-corrected chi connectivity index (χ4v) is 2.93. The Morgan fingerprint density at radius 1 is 1.16 bits per heavy atom. The third kappa shape index (κ3) is 4.03. The Morgan fingerprint density at radius 3 is 2.68 bits per heavy atom. The van der Waals surface area contributed by atoms with E-state index in [0.717, 1.165) is 9.37 Å². The maximum atomic E-state index is 13.6. The van der Waals surface area contributed by atoms with Crippen molar-refractivity contribution in [3.05, 3.63) is 64.1 Å². The average Bonchev–Trinajstić information content (AvgIpc) is 2.39. The molecule has 0 aliphatic heterocycles. The molecule has 0 bridgehead atoms. The number of halogens is 3. The first-order valence-corrected chi connectivity index (χ1v) is 7.43. The predicted molar refractivity (Wildman–Crippen MR) is 78.2 cm³/mol. The topological polar surface area (TPSA) is 26.0 Å². The van der Waals surface area contributed by atoms with E-state index >= 15 is 0 Å². The van der Waals surface area contributed by atoms with E-state index in [0.29, 0.717) is 11.3 Å². The molecule has 0 aliphatic rings. The van der Waals surface area contributed by atoms with E-state index in [1.165, 1.54) is 30.0 Å². The number of nitrogens with two attached hydrogens (primary N) is 1. The molecule has 1 nitrogen and oxygen atoms in total. The number of hydrogen-bond donors (Lipinski definition) is 1. The lowest BCUT2D eigenvalue weighted by Crippen LogP contribution is -2.14. The van der Waals surface area contributed by atoms with Gasteiger partial charge in [-0.05, 0) is 36.4 Å². The highest BCUT2D eigenvalue weighted by atomic mass is 79.9. The molecule has 0 heterocycles. The van der Waals surface area contributed by atoms with Gasteiger partial charge in [-0.15, -0.1) is 11.8 Å². The molecule has 2 N–H and O–H groups in total. The molecule has 0 radical (unpaired) electrons.